The van der Waals surface area contributed by atoms with E-state index in [-0.39, 0.29) is 57.6 Å². The van der Waals surface area contributed by atoms with Crippen molar-refractivity contribution in [2.45, 2.75) is 122 Å². The third-order valence-electron chi connectivity index (χ3n) is 14.1. The average Bonchev–Trinajstić information content (AvgIpc) is 3.72. The van der Waals surface area contributed by atoms with E-state index in [0.29, 0.717) is 78.4 Å². The number of ether oxygens (including phenoxy) is 2. The van der Waals surface area contributed by atoms with E-state index < -0.39 is 11.6 Å². The van der Waals surface area contributed by atoms with Crippen LogP contribution in [0.4, 0.5) is 14.6 Å². The van der Waals surface area contributed by atoms with Crippen molar-refractivity contribution in [2.24, 2.45) is 5.41 Å². The molecule has 14 heteroatoms. The van der Waals surface area contributed by atoms with Gasteiger partial charge in [-0.1, -0.05) is 19.4 Å². The van der Waals surface area contributed by atoms with Gasteiger partial charge in [-0.3, -0.25) is 19.4 Å². The fraction of sp³-hybridized carbons (Fsp3) is 0.543. The molecule has 0 bridgehead atoms. The van der Waals surface area contributed by atoms with E-state index in [4.69, 9.17) is 19.4 Å². The molecule has 60 heavy (non-hydrogen) atoms. The Hall–Kier alpha value is -4.95. The number of hydrogen-bond acceptors (Lipinski definition) is 10. The molecule has 9 rings (SSSR count). The van der Waals surface area contributed by atoms with Gasteiger partial charge >= 0.3 is 6.01 Å². The number of amides is 1. The number of piperidine rings is 1. The summed E-state index contributed by atoms with van der Waals surface area (Å²) >= 11 is 0. The zero-order valence-electron chi connectivity index (χ0n) is 35.6. The van der Waals surface area contributed by atoms with Crippen LogP contribution in [-0.2, 0) is 24.2 Å². The first-order valence-electron chi connectivity index (χ1n) is 21.7. The van der Waals surface area contributed by atoms with Crippen LogP contribution in [0.2, 0.25) is 0 Å². The van der Waals surface area contributed by atoms with Crippen LogP contribution in [0.5, 0.6) is 11.8 Å². The van der Waals surface area contributed by atoms with Crippen LogP contribution in [0.15, 0.2) is 36.5 Å². The van der Waals surface area contributed by atoms with E-state index in [1.807, 2.05) is 17.7 Å². The molecular formula is C46H56F2N8O4. The minimum Gasteiger partial charge on any atom is -0.508 e. The number of hydrogen-bond donors (Lipinski definition) is 1. The zero-order valence-corrected chi connectivity index (χ0v) is 35.6. The van der Waals surface area contributed by atoms with E-state index >= 15 is 8.78 Å². The predicted octanol–water partition coefficient (Wildman–Crippen LogP) is 8.06. The highest BCUT2D eigenvalue weighted by Crippen LogP contribution is 2.57. The Labute approximate surface area is 349 Å². The highest BCUT2D eigenvalue weighted by molar-refractivity contribution is 6.02. The Morgan fingerprint density at radius 1 is 1.02 bits per heavy atom. The van der Waals surface area contributed by atoms with Crippen molar-refractivity contribution < 1.29 is 28.2 Å². The van der Waals surface area contributed by atoms with Gasteiger partial charge in [-0.2, -0.15) is 15.1 Å². The van der Waals surface area contributed by atoms with Crippen molar-refractivity contribution >= 4 is 33.4 Å². The topological polar surface area (TPSA) is 122 Å². The number of phenolic OH excluding ortho intramolecular Hbond substituents is 1. The number of rotatable bonds is 8. The summed E-state index contributed by atoms with van der Waals surface area (Å²) in [7, 11) is 3.40. The van der Waals surface area contributed by atoms with Gasteiger partial charge in [0.2, 0.25) is 0 Å². The Morgan fingerprint density at radius 2 is 1.80 bits per heavy atom. The summed E-state index contributed by atoms with van der Waals surface area (Å²) in [5.74, 6) is -0.928. The molecule has 1 saturated carbocycles. The van der Waals surface area contributed by atoms with Crippen molar-refractivity contribution in [3.8, 4) is 23.0 Å². The molecule has 318 valence electrons. The van der Waals surface area contributed by atoms with Gasteiger partial charge in [0.15, 0.2) is 11.5 Å². The average molecular weight is 823 g/mol. The molecule has 0 radical (unpaired) electrons. The quantitative estimate of drug-likeness (QED) is 0.165. The van der Waals surface area contributed by atoms with Crippen LogP contribution in [0.3, 0.4) is 0 Å². The minimum absolute atomic E-state index is 0.0225. The molecule has 6 heterocycles. The second-order valence-corrected chi connectivity index (χ2v) is 18.1. The Bertz CT molecular complexity index is 2470. The number of halogens is 2. The van der Waals surface area contributed by atoms with Gasteiger partial charge in [-0.25, -0.2) is 8.78 Å². The number of likely N-dealkylation sites (tertiary alicyclic amines) is 1. The number of carbonyl (C=O) groups excluding carboxylic acids is 1. The summed E-state index contributed by atoms with van der Waals surface area (Å²) in [4.78, 5) is 33.8. The first-order chi connectivity index (χ1) is 28.8. The fourth-order valence-electron chi connectivity index (χ4n) is 11.2. The Balaban J connectivity index is 1.14. The number of benzene rings is 2. The number of aromatic hydroxyl groups is 1. The van der Waals surface area contributed by atoms with E-state index in [1.165, 1.54) is 17.0 Å². The van der Waals surface area contributed by atoms with Gasteiger partial charge in [-0.05, 0) is 119 Å². The lowest BCUT2D eigenvalue weighted by atomic mass is 9.66. The molecule has 2 aromatic carbocycles. The number of nitrogens with zero attached hydrogens (tertiary/aromatic N) is 8. The molecule has 5 aromatic rings. The number of pyridine rings is 1. The lowest BCUT2D eigenvalue weighted by Gasteiger charge is -2.58. The van der Waals surface area contributed by atoms with Gasteiger partial charge in [0.1, 0.15) is 28.6 Å². The monoisotopic (exact) mass is 822 g/mol. The molecule has 1 aliphatic carbocycles. The van der Waals surface area contributed by atoms with Crippen LogP contribution in [0, 0.1) is 17.0 Å². The summed E-state index contributed by atoms with van der Waals surface area (Å²) in [5, 5.41) is 16.9. The maximum atomic E-state index is 17.5. The maximum Gasteiger partial charge on any atom is 0.319 e. The van der Waals surface area contributed by atoms with Crippen molar-refractivity contribution in [3.63, 3.8) is 0 Å². The van der Waals surface area contributed by atoms with Gasteiger partial charge < -0.3 is 24.4 Å². The third kappa shape index (κ3) is 6.83. The van der Waals surface area contributed by atoms with Crippen molar-refractivity contribution in [1.29, 1.82) is 0 Å². The molecule has 3 fully saturated rings. The van der Waals surface area contributed by atoms with Crippen LogP contribution >= 0.6 is 0 Å². The van der Waals surface area contributed by atoms with Crippen molar-refractivity contribution in [1.82, 2.24) is 34.5 Å². The molecule has 3 aliphatic heterocycles. The summed E-state index contributed by atoms with van der Waals surface area (Å²) in [6, 6.07) is 8.26. The number of anilines is 1. The highest BCUT2D eigenvalue weighted by atomic mass is 19.1. The van der Waals surface area contributed by atoms with Gasteiger partial charge in [0.25, 0.3) is 5.91 Å². The predicted molar refractivity (Wildman–Crippen MR) is 226 cm³/mol. The molecule has 5 atom stereocenters. The summed E-state index contributed by atoms with van der Waals surface area (Å²) in [6.07, 6.45) is 10.3. The second-order valence-electron chi connectivity index (χ2n) is 18.1. The number of aryl methyl sites for hydroxylation is 2. The van der Waals surface area contributed by atoms with Crippen LogP contribution in [-0.4, -0.2) is 103 Å². The lowest BCUT2D eigenvalue weighted by Crippen LogP contribution is -2.64. The number of carbonyl (C=O) groups is 1. The summed E-state index contributed by atoms with van der Waals surface area (Å²) < 4.78 is 47.6. The van der Waals surface area contributed by atoms with Crippen LogP contribution in [0.25, 0.3) is 32.9 Å². The SMILES string of the molecule is CCc1c(F)ccc2cc(O)cc(-c3ncc4c(N5CCCn6nc(C(=O)N(C)C)cc6C5)nc(OC[C@@]56CCCN(C7C[C@@H](C)O[C@@H](C)C7)[C@]5(C)CCC6)nc4c3F)c12. The molecule has 0 spiro atoms. The third-order valence-corrected chi connectivity index (χ3v) is 14.1. The van der Waals surface area contributed by atoms with Crippen LogP contribution < -0.4 is 9.64 Å². The molecule has 1 amide bonds. The highest BCUT2D eigenvalue weighted by Gasteiger charge is 2.58. The van der Waals surface area contributed by atoms with E-state index in [2.05, 4.69) is 40.7 Å². The van der Waals surface area contributed by atoms with E-state index in [1.54, 1.807) is 32.4 Å². The Kier molecular flexibility index (Phi) is 10.5. The number of phenols is 1. The van der Waals surface area contributed by atoms with Gasteiger partial charge in [-0.15, -0.1) is 0 Å². The number of aromatic nitrogens is 5. The molecule has 4 aliphatic rings. The fourth-order valence-corrected chi connectivity index (χ4v) is 11.2. The molecule has 12 nitrogen and oxygen atoms in total. The van der Waals surface area contributed by atoms with Gasteiger partial charge in [0, 0.05) is 55.9 Å². The molecule has 3 aromatic heterocycles. The minimum atomic E-state index is -0.714. The summed E-state index contributed by atoms with van der Waals surface area (Å²) in [6.45, 7) is 11.6. The molecule has 1 N–H and O–H groups in total. The normalized spacial score (nSPS) is 25.9. The lowest BCUT2D eigenvalue weighted by molar-refractivity contribution is -0.130. The molecule has 2 saturated heterocycles. The smallest absolute Gasteiger partial charge is 0.319 e. The first-order valence-corrected chi connectivity index (χ1v) is 21.7. The standard InChI is InChI=1S/C46H56F2N8O4/c1-7-33-36(47)12-11-29-21-32(57)23-34(38(29)33)40-39(48)41-35(24-49-40)42(54-16-10-18-56-31(25-54)22-37(52-56)43(58)53(5)6)51-44(50-41)59-26-46-14-8-13-45(46,4)55(17-9-15-46)30-19-27(2)60-28(3)20-30/h11-12,21-24,27-28,30,57H,7-10,13-20,25-26H2,1-6H3/t27-,28+,30?,45-,46-/m1/s1. The van der Waals surface area contributed by atoms with Gasteiger partial charge in [0.05, 0.1) is 36.4 Å². The zero-order chi connectivity index (χ0) is 42.1. The van der Waals surface area contributed by atoms with Crippen molar-refractivity contribution in [3.05, 3.63) is 65.1 Å². The molecular weight excluding hydrogens is 767 g/mol. The second kappa shape index (κ2) is 15.5. The Morgan fingerprint density at radius 3 is 2.57 bits per heavy atom. The van der Waals surface area contributed by atoms with E-state index in [0.717, 1.165) is 57.2 Å². The maximum absolute atomic E-state index is 17.5. The largest absolute Gasteiger partial charge is 0.508 e. The number of fused-ring (bicyclic) bond motifs is 4. The first kappa shape index (κ1) is 40.5. The summed E-state index contributed by atoms with van der Waals surface area (Å²) in [5.41, 5.74) is 1.60. The van der Waals surface area contributed by atoms with Crippen molar-refractivity contribution in [2.75, 3.05) is 38.7 Å². The van der Waals surface area contributed by atoms with Crippen LogP contribution in [0.1, 0.15) is 101 Å². The van der Waals surface area contributed by atoms with E-state index in [9.17, 15) is 9.90 Å². The molecule has 1 unspecified atom stereocenters.